The summed E-state index contributed by atoms with van der Waals surface area (Å²) >= 11 is 5.96. The summed E-state index contributed by atoms with van der Waals surface area (Å²) in [5.41, 5.74) is 1.15. The minimum Gasteiger partial charge on any atom is -0.481 e. The molecular weight excluding hydrogens is 350 g/mol. The third-order valence-electron chi connectivity index (χ3n) is 4.92. The smallest absolute Gasteiger partial charge is 0.260 e. The molecular formula is C21H24ClNO3. The van der Waals surface area contributed by atoms with Crippen LogP contribution < -0.4 is 10.1 Å². The third kappa shape index (κ3) is 4.57. The first-order chi connectivity index (χ1) is 12.6. The van der Waals surface area contributed by atoms with Gasteiger partial charge in [-0.2, -0.15) is 0 Å². The van der Waals surface area contributed by atoms with Gasteiger partial charge >= 0.3 is 0 Å². The Kier molecular flexibility index (Phi) is 6.17. The van der Waals surface area contributed by atoms with Crippen LogP contribution in [0.3, 0.4) is 0 Å². The fourth-order valence-electron chi connectivity index (χ4n) is 3.32. The van der Waals surface area contributed by atoms with Gasteiger partial charge in [0.1, 0.15) is 5.75 Å². The van der Waals surface area contributed by atoms with E-state index in [1.807, 2.05) is 18.2 Å². The molecule has 1 fully saturated rings. The first-order valence-corrected chi connectivity index (χ1v) is 9.30. The lowest BCUT2D eigenvalue weighted by Gasteiger charge is -2.38. The van der Waals surface area contributed by atoms with Crippen LogP contribution in [-0.2, 0) is 14.9 Å². The van der Waals surface area contributed by atoms with Crippen molar-refractivity contribution in [2.75, 3.05) is 19.8 Å². The molecule has 1 N–H and O–H groups in total. The van der Waals surface area contributed by atoms with Crippen molar-refractivity contribution in [3.05, 3.63) is 65.2 Å². The van der Waals surface area contributed by atoms with E-state index in [1.165, 1.54) is 5.56 Å². The van der Waals surface area contributed by atoms with Crippen LogP contribution in [0.15, 0.2) is 54.6 Å². The molecule has 1 heterocycles. The summed E-state index contributed by atoms with van der Waals surface area (Å²) in [6.07, 6.45) is 1.18. The van der Waals surface area contributed by atoms with Crippen molar-refractivity contribution in [2.45, 2.75) is 31.3 Å². The van der Waals surface area contributed by atoms with Crippen molar-refractivity contribution in [3.8, 4) is 5.75 Å². The molecule has 0 aromatic heterocycles. The highest BCUT2D eigenvalue weighted by molar-refractivity contribution is 6.30. The number of ether oxygens (including phenoxy) is 2. The number of benzene rings is 2. The zero-order valence-electron chi connectivity index (χ0n) is 14.9. The first-order valence-electron chi connectivity index (χ1n) is 8.92. The van der Waals surface area contributed by atoms with Gasteiger partial charge in [0.05, 0.1) is 0 Å². The lowest BCUT2D eigenvalue weighted by molar-refractivity contribution is -0.127. The third-order valence-corrected chi connectivity index (χ3v) is 5.15. The number of halogens is 1. The quantitative estimate of drug-likeness (QED) is 0.833. The Morgan fingerprint density at radius 1 is 1.19 bits per heavy atom. The van der Waals surface area contributed by atoms with Crippen LogP contribution >= 0.6 is 11.6 Å². The van der Waals surface area contributed by atoms with E-state index in [0.717, 1.165) is 12.8 Å². The highest BCUT2D eigenvalue weighted by Gasteiger charge is 2.35. The van der Waals surface area contributed by atoms with Crippen LogP contribution in [0.2, 0.25) is 5.02 Å². The first kappa shape index (κ1) is 18.7. The molecule has 138 valence electrons. The van der Waals surface area contributed by atoms with Crippen molar-refractivity contribution < 1.29 is 14.3 Å². The van der Waals surface area contributed by atoms with Crippen molar-refractivity contribution in [2.24, 2.45) is 0 Å². The minimum absolute atomic E-state index is 0.0923. The predicted octanol–water partition coefficient (Wildman–Crippen LogP) is 3.97. The van der Waals surface area contributed by atoms with Gasteiger partial charge in [0.15, 0.2) is 6.10 Å². The minimum atomic E-state index is -0.596. The summed E-state index contributed by atoms with van der Waals surface area (Å²) in [5, 5.41) is 3.66. The van der Waals surface area contributed by atoms with Crippen LogP contribution in [0.1, 0.15) is 25.3 Å². The zero-order valence-corrected chi connectivity index (χ0v) is 15.7. The second kappa shape index (κ2) is 8.56. The van der Waals surface area contributed by atoms with E-state index in [0.29, 0.717) is 30.5 Å². The van der Waals surface area contributed by atoms with Crippen LogP contribution in [0.5, 0.6) is 5.75 Å². The molecule has 2 aromatic rings. The molecule has 4 nitrogen and oxygen atoms in total. The average Bonchev–Trinajstić information content (AvgIpc) is 2.67. The Morgan fingerprint density at radius 2 is 1.92 bits per heavy atom. The number of rotatable bonds is 6. The van der Waals surface area contributed by atoms with Crippen molar-refractivity contribution >= 4 is 17.5 Å². The van der Waals surface area contributed by atoms with Gasteiger partial charge in [0.2, 0.25) is 0 Å². The molecule has 0 unspecified atom stereocenters. The van der Waals surface area contributed by atoms with E-state index in [4.69, 9.17) is 21.1 Å². The summed E-state index contributed by atoms with van der Waals surface area (Å²) in [5.74, 6) is 0.454. The highest BCUT2D eigenvalue weighted by Crippen LogP contribution is 2.34. The summed E-state index contributed by atoms with van der Waals surface area (Å²) in [6, 6.07) is 17.4. The maximum absolute atomic E-state index is 12.5. The van der Waals surface area contributed by atoms with E-state index in [1.54, 1.807) is 31.2 Å². The molecule has 0 radical (unpaired) electrons. The lowest BCUT2D eigenvalue weighted by atomic mass is 9.74. The van der Waals surface area contributed by atoms with E-state index in [9.17, 15) is 4.79 Å². The lowest BCUT2D eigenvalue weighted by Crippen LogP contribution is -2.47. The molecule has 0 aliphatic carbocycles. The second-order valence-corrected chi connectivity index (χ2v) is 7.13. The van der Waals surface area contributed by atoms with Gasteiger partial charge in [0, 0.05) is 30.2 Å². The zero-order chi connectivity index (χ0) is 18.4. The number of hydrogen-bond donors (Lipinski definition) is 1. The van der Waals surface area contributed by atoms with Gasteiger partial charge in [-0.05, 0) is 43.5 Å². The molecule has 2 aromatic carbocycles. The Balaban J connectivity index is 1.64. The number of carbonyl (C=O) groups is 1. The van der Waals surface area contributed by atoms with E-state index >= 15 is 0 Å². The molecule has 1 amide bonds. The molecule has 0 spiro atoms. The predicted molar refractivity (Wildman–Crippen MR) is 103 cm³/mol. The molecule has 1 aliphatic heterocycles. The van der Waals surface area contributed by atoms with Crippen LogP contribution in [-0.4, -0.2) is 31.8 Å². The Hall–Kier alpha value is -2.04. The van der Waals surface area contributed by atoms with Crippen molar-refractivity contribution in [3.63, 3.8) is 0 Å². The standard InChI is InChI=1S/C21H24ClNO3/c1-16(26-19-9-5-8-18(22)14-19)20(24)23-15-21(10-12-25-13-11-21)17-6-3-2-4-7-17/h2-9,14,16H,10-13,15H2,1H3,(H,23,24)/t16-/m0/s1. The monoisotopic (exact) mass is 373 g/mol. The summed E-state index contributed by atoms with van der Waals surface area (Å²) in [6.45, 7) is 3.73. The molecule has 0 bridgehead atoms. The molecule has 3 rings (SSSR count). The fraction of sp³-hybridized carbons (Fsp3) is 0.381. The van der Waals surface area contributed by atoms with Gasteiger partial charge in [0.25, 0.3) is 5.91 Å². The van der Waals surface area contributed by atoms with E-state index in [-0.39, 0.29) is 11.3 Å². The molecule has 1 saturated heterocycles. The highest BCUT2D eigenvalue weighted by atomic mass is 35.5. The topological polar surface area (TPSA) is 47.6 Å². The van der Waals surface area contributed by atoms with Crippen LogP contribution in [0.25, 0.3) is 0 Å². The number of amides is 1. The van der Waals surface area contributed by atoms with Gasteiger partial charge in [-0.1, -0.05) is 48.0 Å². The van der Waals surface area contributed by atoms with Crippen LogP contribution in [0, 0.1) is 0 Å². The molecule has 0 saturated carbocycles. The second-order valence-electron chi connectivity index (χ2n) is 6.69. The number of nitrogens with one attached hydrogen (secondary N) is 1. The number of carbonyl (C=O) groups excluding carboxylic acids is 1. The maximum atomic E-state index is 12.5. The van der Waals surface area contributed by atoms with Gasteiger partial charge in [-0.15, -0.1) is 0 Å². The van der Waals surface area contributed by atoms with Crippen LogP contribution in [0.4, 0.5) is 0 Å². The summed E-state index contributed by atoms with van der Waals surface area (Å²) < 4.78 is 11.3. The molecule has 5 heteroatoms. The Morgan fingerprint density at radius 3 is 2.62 bits per heavy atom. The Bertz CT molecular complexity index is 729. The van der Waals surface area contributed by atoms with Gasteiger partial charge in [-0.25, -0.2) is 0 Å². The van der Waals surface area contributed by atoms with Crippen molar-refractivity contribution in [1.29, 1.82) is 0 Å². The van der Waals surface area contributed by atoms with E-state index < -0.39 is 6.10 Å². The molecule has 1 aliphatic rings. The van der Waals surface area contributed by atoms with Gasteiger partial charge < -0.3 is 14.8 Å². The maximum Gasteiger partial charge on any atom is 0.260 e. The number of hydrogen-bond acceptors (Lipinski definition) is 3. The van der Waals surface area contributed by atoms with Crippen molar-refractivity contribution in [1.82, 2.24) is 5.32 Å². The summed E-state index contributed by atoms with van der Waals surface area (Å²) in [4.78, 5) is 12.5. The average molecular weight is 374 g/mol. The molecule has 1 atom stereocenters. The van der Waals surface area contributed by atoms with E-state index in [2.05, 4.69) is 17.4 Å². The largest absolute Gasteiger partial charge is 0.481 e. The summed E-state index contributed by atoms with van der Waals surface area (Å²) in [7, 11) is 0. The fourth-order valence-corrected chi connectivity index (χ4v) is 3.50. The Labute approximate surface area is 159 Å². The normalized spacial score (nSPS) is 17.3. The SMILES string of the molecule is C[C@H](Oc1cccc(Cl)c1)C(=O)NCC1(c2ccccc2)CCOCC1. The van der Waals surface area contributed by atoms with Gasteiger partial charge in [-0.3, -0.25) is 4.79 Å². The molecule has 26 heavy (non-hydrogen) atoms.